The summed E-state index contributed by atoms with van der Waals surface area (Å²) in [4.78, 5) is 27.6. The molecule has 0 bridgehead atoms. The Morgan fingerprint density at radius 2 is 1.84 bits per heavy atom. The quantitative estimate of drug-likeness (QED) is 0.598. The molecule has 0 saturated carbocycles. The van der Waals surface area contributed by atoms with Crippen LogP contribution in [0.15, 0.2) is 60.7 Å². The molecule has 3 aromatic rings. The van der Waals surface area contributed by atoms with Gasteiger partial charge in [-0.05, 0) is 41.0 Å². The average molecular weight is 427 g/mol. The SMILES string of the molecule is COC(=O)c1ccc(CN2C(=O)C3(COc4cc5c(cc43)CCO5)c3ccccc32)cc1. The minimum absolute atomic E-state index is 0.00774. The lowest BCUT2D eigenvalue weighted by Crippen LogP contribution is -2.42. The number of anilines is 1. The Balaban J connectivity index is 1.41. The maximum absolute atomic E-state index is 14.0. The van der Waals surface area contributed by atoms with Gasteiger partial charge in [0.15, 0.2) is 0 Å². The fourth-order valence-corrected chi connectivity index (χ4v) is 5.05. The highest BCUT2D eigenvalue weighted by Gasteiger charge is 2.57. The number of carbonyl (C=O) groups is 2. The Hall–Kier alpha value is -3.80. The average Bonchev–Trinajstić information content (AvgIpc) is 3.50. The standard InChI is InChI=1S/C26H21NO5/c1-30-24(28)17-8-6-16(7-9-17)14-27-21-5-3-2-4-19(21)26(25(27)29)15-32-23-13-22-18(10-11-31-22)12-20(23)26/h2-9,12-13H,10-11,14-15H2,1H3. The second kappa shape index (κ2) is 6.85. The fourth-order valence-electron chi connectivity index (χ4n) is 5.05. The Bertz CT molecular complexity index is 1270. The summed E-state index contributed by atoms with van der Waals surface area (Å²) < 4.78 is 16.5. The van der Waals surface area contributed by atoms with Crippen LogP contribution in [0.3, 0.4) is 0 Å². The second-order valence-electron chi connectivity index (χ2n) is 8.35. The number of para-hydroxylation sites is 1. The maximum atomic E-state index is 14.0. The Kier molecular flexibility index (Phi) is 4.05. The van der Waals surface area contributed by atoms with Crippen LogP contribution in [0.4, 0.5) is 5.69 Å². The minimum atomic E-state index is -0.852. The molecule has 6 heteroatoms. The molecule has 3 heterocycles. The van der Waals surface area contributed by atoms with Crippen molar-refractivity contribution < 1.29 is 23.8 Å². The van der Waals surface area contributed by atoms with E-state index in [1.165, 1.54) is 7.11 Å². The van der Waals surface area contributed by atoms with Crippen LogP contribution in [-0.2, 0) is 27.9 Å². The van der Waals surface area contributed by atoms with Gasteiger partial charge in [0.2, 0.25) is 5.91 Å². The first-order valence-electron chi connectivity index (χ1n) is 10.6. The van der Waals surface area contributed by atoms with Crippen molar-refractivity contribution in [2.24, 2.45) is 0 Å². The van der Waals surface area contributed by atoms with Gasteiger partial charge in [-0.1, -0.05) is 30.3 Å². The van der Waals surface area contributed by atoms with Crippen molar-refractivity contribution in [1.82, 2.24) is 0 Å². The van der Waals surface area contributed by atoms with Gasteiger partial charge in [-0.25, -0.2) is 4.79 Å². The van der Waals surface area contributed by atoms with Crippen molar-refractivity contribution in [2.75, 3.05) is 25.2 Å². The Labute approximate surface area is 185 Å². The lowest BCUT2D eigenvalue weighted by atomic mass is 9.76. The van der Waals surface area contributed by atoms with E-state index in [4.69, 9.17) is 14.2 Å². The molecule has 0 radical (unpaired) electrons. The largest absolute Gasteiger partial charge is 0.493 e. The number of hydrogen-bond donors (Lipinski definition) is 0. The number of amides is 1. The van der Waals surface area contributed by atoms with Crippen LogP contribution in [-0.4, -0.2) is 32.2 Å². The molecule has 1 amide bonds. The van der Waals surface area contributed by atoms with E-state index in [0.717, 1.165) is 45.9 Å². The molecule has 3 aromatic carbocycles. The van der Waals surface area contributed by atoms with Gasteiger partial charge in [-0.2, -0.15) is 0 Å². The van der Waals surface area contributed by atoms with E-state index in [9.17, 15) is 9.59 Å². The van der Waals surface area contributed by atoms with Crippen LogP contribution >= 0.6 is 0 Å². The number of fused-ring (bicyclic) bond motifs is 5. The summed E-state index contributed by atoms with van der Waals surface area (Å²) in [6, 6.07) is 19.1. The predicted octanol–water partition coefficient (Wildman–Crippen LogP) is 3.63. The Morgan fingerprint density at radius 1 is 1.03 bits per heavy atom. The number of carbonyl (C=O) groups excluding carboxylic acids is 2. The normalized spacial score (nSPS) is 19.9. The first-order valence-corrected chi connectivity index (χ1v) is 10.6. The summed E-state index contributed by atoms with van der Waals surface area (Å²) in [5.41, 5.74) is 4.46. The van der Waals surface area contributed by atoms with Gasteiger partial charge in [0, 0.05) is 23.7 Å². The molecular weight excluding hydrogens is 406 g/mol. The van der Waals surface area contributed by atoms with E-state index in [1.54, 1.807) is 12.1 Å². The van der Waals surface area contributed by atoms with Gasteiger partial charge in [0.05, 0.1) is 25.8 Å². The summed E-state index contributed by atoms with van der Waals surface area (Å²) in [5, 5.41) is 0. The number of ether oxygens (including phenoxy) is 3. The van der Waals surface area contributed by atoms with Crippen molar-refractivity contribution in [3.63, 3.8) is 0 Å². The molecule has 3 aliphatic rings. The number of esters is 1. The molecular formula is C26H21NO5. The lowest BCUT2D eigenvalue weighted by Gasteiger charge is -2.23. The van der Waals surface area contributed by atoms with E-state index >= 15 is 0 Å². The summed E-state index contributed by atoms with van der Waals surface area (Å²) in [7, 11) is 1.36. The van der Waals surface area contributed by atoms with Crippen molar-refractivity contribution >= 4 is 17.6 Å². The minimum Gasteiger partial charge on any atom is -0.493 e. The number of rotatable bonds is 3. The van der Waals surface area contributed by atoms with Crippen LogP contribution in [0, 0.1) is 0 Å². The molecule has 1 spiro atoms. The number of hydrogen-bond acceptors (Lipinski definition) is 5. The number of nitrogens with zero attached hydrogens (tertiary/aromatic N) is 1. The van der Waals surface area contributed by atoms with Crippen LogP contribution in [0.2, 0.25) is 0 Å². The number of methoxy groups -OCH3 is 1. The zero-order valence-electron chi connectivity index (χ0n) is 17.6. The van der Waals surface area contributed by atoms with Crippen LogP contribution in [0.5, 0.6) is 11.5 Å². The third-order valence-corrected chi connectivity index (χ3v) is 6.68. The van der Waals surface area contributed by atoms with Crippen molar-refractivity contribution in [2.45, 2.75) is 18.4 Å². The highest BCUT2D eigenvalue weighted by atomic mass is 16.5. The fraction of sp³-hybridized carbons (Fsp3) is 0.231. The molecule has 3 aliphatic heterocycles. The van der Waals surface area contributed by atoms with E-state index in [0.29, 0.717) is 18.7 Å². The summed E-state index contributed by atoms with van der Waals surface area (Å²) in [6.45, 7) is 1.34. The van der Waals surface area contributed by atoms with Crippen LogP contribution in [0.1, 0.15) is 32.6 Å². The Morgan fingerprint density at radius 3 is 2.66 bits per heavy atom. The van der Waals surface area contributed by atoms with E-state index in [2.05, 4.69) is 6.07 Å². The van der Waals surface area contributed by atoms with Gasteiger partial charge in [0.1, 0.15) is 23.5 Å². The van der Waals surface area contributed by atoms with Gasteiger partial charge in [0.25, 0.3) is 0 Å². The predicted molar refractivity (Wildman–Crippen MR) is 117 cm³/mol. The molecule has 0 N–H and O–H groups in total. The monoisotopic (exact) mass is 427 g/mol. The molecule has 1 atom stereocenters. The van der Waals surface area contributed by atoms with Gasteiger partial charge < -0.3 is 19.1 Å². The molecule has 160 valence electrons. The third kappa shape index (κ3) is 2.52. The third-order valence-electron chi connectivity index (χ3n) is 6.68. The van der Waals surface area contributed by atoms with E-state index in [-0.39, 0.29) is 18.5 Å². The van der Waals surface area contributed by atoms with Crippen molar-refractivity contribution in [3.05, 3.63) is 88.5 Å². The summed E-state index contributed by atoms with van der Waals surface area (Å²) in [6.07, 6.45) is 0.838. The lowest BCUT2D eigenvalue weighted by molar-refractivity contribution is -0.122. The van der Waals surface area contributed by atoms with Crippen LogP contribution < -0.4 is 14.4 Å². The molecule has 1 unspecified atom stereocenters. The van der Waals surface area contributed by atoms with E-state index < -0.39 is 5.41 Å². The molecule has 32 heavy (non-hydrogen) atoms. The molecule has 0 aliphatic carbocycles. The van der Waals surface area contributed by atoms with Crippen molar-refractivity contribution in [3.8, 4) is 11.5 Å². The molecule has 6 nitrogen and oxygen atoms in total. The maximum Gasteiger partial charge on any atom is 0.337 e. The molecule has 0 fully saturated rings. The molecule has 0 aromatic heterocycles. The summed E-state index contributed by atoms with van der Waals surface area (Å²) >= 11 is 0. The highest BCUT2D eigenvalue weighted by Crippen LogP contribution is 2.54. The first kappa shape index (κ1) is 18.9. The van der Waals surface area contributed by atoms with E-state index in [1.807, 2.05) is 47.4 Å². The topological polar surface area (TPSA) is 65.1 Å². The molecule has 0 saturated heterocycles. The summed E-state index contributed by atoms with van der Waals surface area (Å²) in [5.74, 6) is 1.20. The highest BCUT2D eigenvalue weighted by molar-refractivity contribution is 6.11. The van der Waals surface area contributed by atoms with Gasteiger partial charge >= 0.3 is 5.97 Å². The molecule has 6 rings (SSSR count). The second-order valence-corrected chi connectivity index (χ2v) is 8.35. The first-order chi connectivity index (χ1) is 15.6. The number of benzene rings is 3. The van der Waals surface area contributed by atoms with Gasteiger partial charge in [-0.3, -0.25) is 4.79 Å². The zero-order chi connectivity index (χ0) is 21.9. The van der Waals surface area contributed by atoms with Gasteiger partial charge in [-0.15, -0.1) is 0 Å². The van der Waals surface area contributed by atoms with Crippen LogP contribution in [0.25, 0.3) is 0 Å². The van der Waals surface area contributed by atoms with Crippen molar-refractivity contribution in [1.29, 1.82) is 0 Å². The smallest absolute Gasteiger partial charge is 0.337 e. The zero-order valence-corrected chi connectivity index (χ0v) is 17.6.